The van der Waals surface area contributed by atoms with E-state index in [0.717, 1.165) is 29.7 Å². The number of ether oxygens (including phenoxy) is 1. The van der Waals surface area contributed by atoms with Crippen LogP contribution in [0.1, 0.15) is 37.7 Å². The first-order valence-corrected chi connectivity index (χ1v) is 10.4. The van der Waals surface area contributed by atoms with Gasteiger partial charge < -0.3 is 15.4 Å². The first-order valence-electron chi connectivity index (χ1n) is 10.4. The summed E-state index contributed by atoms with van der Waals surface area (Å²) in [5.74, 6) is 0. The average Bonchev–Trinajstić information content (AvgIpc) is 3.13. The van der Waals surface area contributed by atoms with Crippen LogP contribution < -0.4 is 10.6 Å². The Labute approximate surface area is 176 Å². The number of hydrogen-bond acceptors (Lipinski definition) is 4. The first kappa shape index (κ1) is 20.1. The van der Waals surface area contributed by atoms with Gasteiger partial charge in [-0.2, -0.15) is 5.10 Å². The molecule has 0 atom stereocenters. The van der Waals surface area contributed by atoms with E-state index in [0.29, 0.717) is 24.1 Å². The van der Waals surface area contributed by atoms with Crippen molar-refractivity contribution in [2.75, 3.05) is 10.6 Å². The second kappa shape index (κ2) is 9.54. The molecule has 0 radical (unpaired) electrons. The monoisotopic (exact) mass is 405 g/mol. The fraction of sp³-hybridized carbons (Fsp3) is 0.348. The predicted octanol–water partition coefficient (Wildman–Crippen LogP) is 4.98. The molecule has 156 valence electrons. The molecule has 7 heteroatoms. The van der Waals surface area contributed by atoms with Crippen LogP contribution in [0.4, 0.5) is 16.2 Å². The molecule has 1 aliphatic carbocycles. The van der Waals surface area contributed by atoms with E-state index in [4.69, 9.17) is 4.74 Å². The molecule has 0 unspecified atom stereocenters. The van der Waals surface area contributed by atoms with Gasteiger partial charge in [0.2, 0.25) is 0 Å². The lowest BCUT2D eigenvalue weighted by molar-refractivity contribution is 0.0169. The highest BCUT2D eigenvalue weighted by atomic mass is 16.5. The highest BCUT2D eigenvalue weighted by Crippen LogP contribution is 2.26. The van der Waals surface area contributed by atoms with Gasteiger partial charge in [0.25, 0.3) is 0 Å². The number of anilines is 2. The number of urea groups is 1. The maximum Gasteiger partial charge on any atom is 0.323 e. The molecule has 0 saturated heterocycles. The van der Waals surface area contributed by atoms with Gasteiger partial charge >= 0.3 is 6.03 Å². The zero-order valence-corrected chi connectivity index (χ0v) is 17.2. The Morgan fingerprint density at radius 2 is 1.93 bits per heavy atom. The standard InChI is InChI=1S/C23H27N5O2/c1-28-15-21(22(27-28)18-10-12-24-13-11-18)26-23(29)25-19-7-5-6-17(14-19)16-30-20-8-3-2-4-9-20/h5-7,10-15,20H,2-4,8-9,16H2,1H3,(H2,25,26,29). The Hall–Kier alpha value is -3.19. The van der Waals surface area contributed by atoms with E-state index in [9.17, 15) is 4.79 Å². The highest BCUT2D eigenvalue weighted by Gasteiger charge is 2.15. The number of carbonyl (C=O) groups excluding carboxylic acids is 1. The van der Waals surface area contributed by atoms with E-state index in [1.807, 2.05) is 43.4 Å². The minimum absolute atomic E-state index is 0.316. The number of amides is 2. The maximum atomic E-state index is 12.6. The molecule has 30 heavy (non-hydrogen) atoms. The van der Waals surface area contributed by atoms with Crippen molar-refractivity contribution >= 4 is 17.4 Å². The Morgan fingerprint density at radius 3 is 2.73 bits per heavy atom. The third-order valence-electron chi connectivity index (χ3n) is 5.25. The fourth-order valence-electron chi connectivity index (χ4n) is 3.77. The molecule has 2 amide bonds. The minimum Gasteiger partial charge on any atom is -0.374 e. The van der Waals surface area contributed by atoms with E-state index < -0.39 is 0 Å². The molecule has 1 saturated carbocycles. The highest BCUT2D eigenvalue weighted by molar-refractivity contribution is 6.01. The van der Waals surface area contributed by atoms with Gasteiger partial charge in [-0.25, -0.2) is 4.79 Å². The first-order chi connectivity index (χ1) is 14.7. The topological polar surface area (TPSA) is 81.1 Å². The Bertz CT molecular complexity index is 980. The number of nitrogens with one attached hydrogen (secondary N) is 2. The van der Waals surface area contributed by atoms with Gasteiger partial charge in [-0.15, -0.1) is 0 Å². The average molecular weight is 406 g/mol. The summed E-state index contributed by atoms with van der Waals surface area (Å²) in [7, 11) is 1.82. The number of rotatable bonds is 6. The summed E-state index contributed by atoms with van der Waals surface area (Å²) >= 11 is 0. The van der Waals surface area contributed by atoms with Crippen LogP contribution >= 0.6 is 0 Å². The van der Waals surface area contributed by atoms with Gasteiger partial charge in [0.15, 0.2) is 0 Å². The molecule has 1 aliphatic rings. The molecule has 4 rings (SSSR count). The SMILES string of the molecule is Cn1cc(NC(=O)Nc2cccc(COC3CCCCC3)c2)c(-c2ccncc2)n1. The van der Waals surface area contributed by atoms with Crippen LogP contribution in [0.2, 0.25) is 0 Å². The third kappa shape index (κ3) is 5.24. The number of benzene rings is 1. The fourth-order valence-corrected chi connectivity index (χ4v) is 3.77. The lowest BCUT2D eigenvalue weighted by Crippen LogP contribution is -2.20. The van der Waals surface area contributed by atoms with Crippen molar-refractivity contribution in [1.82, 2.24) is 14.8 Å². The van der Waals surface area contributed by atoms with Crippen molar-refractivity contribution in [2.24, 2.45) is 7.05 Å². The molecule has 2 aromatic heterocycles. The third-order valence-corrected chi connectivity index (χ3v) is 5.25. The van der Waals surface area contributed by atoms with E-state index in [2.05, 4.69) is 20.7 Å². The maximum absolute atomic E-state index is 12.6. The number of pyridine rings is 1. The van der Waals surface area contributed by atoms with Crippen molar-refractivity contribution in [1.29, 1.82) is 0 Å². The summed E-state index contributed by atoms with van der Waals surface area (Å²) in [5.41, 5.74) is 4.01. The number of aromatic nitrogens is 3. The van der Waals surface area contributed by atoms with E-state index >= 15 is 0 Å². The molecular formula is C23H27N5O2. The van der Waals surface area contributed by atoms with Crippen LogP contribution in [0.25, 0.3) is 11.3 Å². The molecule has 0 bridgehead atoms. The molecule has 1 fully saturated rings. The molecular weight excluding hydrogens is 378 g/mol. The second-order valence-electron chi connectivity index (χ2n) is 7.65. The van der Waals surface area contributed by atoms with Gasteiger partial charge in [0.1, 0.15) is 5.69 Å². The van der Waals surface area contributed by atoms with Crippen LogP contribution in [0.3, 0.4) is 0 Å². The molecule has 3 aromatic rings. The number of nitrogens with zero attached hydrogens (tertiary/aromatic N) is 3. The summed E-state index contributed by atoms with van der Waals surface area (Å²) in [6.45, 7) is 0.566. The summed E-state index contributed by atoms with van der Waals surface area (Å²) in [5, 5.41) is 10.3. The number of hydrogen-bond donors (Lipinski definition) is 2. The predicted molar refractivity (Wildman–Crippen MR) is 117 cm³/mol. The van der Waals surface area contributed by atoms with Crippen molar-refractivity contribution in [3.63, 3.8) is 0 Å². The summed E-state index contributed by atoms with van der Waals surface area (Å²) < 4.78 is 7.72. The van der Waals surface area contributed by atoms with Gasteiger partial charge in [0, 0.05) is 36.9 Å². The molecule has 1 aromatic carbocycles. The second-order valence-corrected chi connectivity index (χ2v) is 7.65. The zero-order valence-electron chi connectivity index (χ0n) is 17.2. The van der Waals surface area contributed by atoms with Crippen LogP contribution in [0.15, 0.2) is 55.0 Å². The Balaban J connectivity index is 1.38. The van der Waals surface area contributed by atoms with E-state index in [1.54, 1.807) is 23.3 Å². The molecule has 2 N–H and O–H groups in total. The largest absolute Gasteiger partial charge is 0.374 e. The van der Waals surface area contributed by atoms with Crippen molar-refractivity contribution in [2.45, 2.75) is 44.8 Å². The van der Waals surface area contributed by atoms with Crippen LogP contribution in [-0.4, -0.2) is 26.9 Å². The Kier molecular flexibility index (Phi) is 6.39. The number of carbonyl (C=O) groups is 1. The lowest BCUT2D eigenvalue weighted by Gasteiger charge is -2.22. The molecule has 2 heterocycles. The normalized spacial score (nSPS) is 14.4. The summed E-state index contributed by atoms with van der Waals surface area (Å²) in [6.07, 6.45) is 11.7. The summed E-state index contributed by atoms with van der Waals surface area (Å²) in [4.78, 5) is 16.6. The molecule has 0 spiro atoms. The van der Waals surface area contributed by atoms with Crippen LogP contribution in [-0.2, 0) is 18.4 Å². The van der Waals surface area contributed by atoms with Gasteiger partial charge in [-0.3, -0.25) is 9.67 Å². The number of aryl methyl sites for hydroxylation is 1. The smallest absolute Gasteiger partial charge is 0.323 e. The quantitative estimate of drug-likeness (QED) is 0.606. The molecule has 7 nitrogen and oxygen atoms in total. The lowest BCUT2D eigenvalue weighted by atomic mass is 9.98. The van der Waals surface area contributed by atoms with Crippen LogP contribution in [0, 0.1) is 0 Å². The van der Waals surface area contributed by atoms with Gasteiger partial charge in [-0.1, -0.05) is 31.4 Å². The Morgan fingerprint density at radius 1 is 1.13 bits per heavy atom. The minimum atomic E-state index is -0.316. The molecule has 0 aliphatic heterocycles. The van der Waals surface area contributed by atoms with Crippen molar-refractivity contribution in [3.8, 4) is 11.3 Å². The van der Waals surface area contributed by atoms with E-state index in [-0.39, 0.29) is 6.03 Å². The van der Waals surface area contributed by atoms with E-state index in [1.165, 1.54) is 19.3 Å². The van der Waals surface area contributed by atoms with Gasteiger partial charge in [-0.05, 0) is 42.7 Å². The zero-order chi connectivity index (χ0) is 20.8. The van der Waals surface area contributed by atoms with Crippen molar-refractivity contribution in [3.05, 3.63) is 60.6 Å². The van der Waals surface area contributed by atoms with Gasteiger partial charge in [0.05, 0.1) is 18.4 Å². The van der Waals surface area contributed by atoms with Crippen molar-refractivity contribution < 1.29 is 9.53 Å². The van der Waals surface area contributed by atoms with Crippen LogP contribution in [0.5, 0.6) is 0 Å². The summed E-state index contributed by atoms with van der Waals surface area (Å²) in [6, 6.07) is 11.2.